The van der Waals surface area contributed by atoms with Gasteiger partial charge in [-0.3, -0.25) is 0 Å². The van der Waals surface area contributed by atoms with Crippen molar-refractivity contribution in [3.63, 3.8) is 0 Å². The van der Waals surface area contributed by atoms with Crippen LogP contribution in [-0.2, 0) is 6.54 Å². The van der Waals surface area contributed by atoms with Gasteiger partial charge in [0.1, 0.15) is 11.6 Å². The quantitative estimate of drug-likeness (QED) is 0.878. The van der Waals surface area contributed by atoms with Crippen molar-refractivity contribution in [2.24, 2.45) is 5.73 Å². The third-order valence-electron chi connectivity index (χ3n) is 2.37. The second-order valence-corrected chi connectivity index (χ2v) is 3.52. The van der Waals surface area contributed by atoms with E-state index >= 15 is 0 Å². The number of halogens is 1. The first-order chi connectivity index (χ1) is 8.15. The van der Waals surface area contributed by atoms with E-state index in [1.165, 1.54) is 13.2 Å². The molecule has 17 heavy (non-hydrogen) atoms. The Labute approximate surface area is 97.4 Å². The van der Waals surface area contributed by atoms with Gasteiger partial charge in [0, 0.05) is 6.07 Å². The zero-order valence-corrected chi connectivity index (χ0v) is 9.53. The highest BCUT2D eigenvalue weighted by atomic mass is 19.1. The number of aryl methyl sites for hydroxylation is 1. The molecular formula is C11H12FN3O2. The smallest absolute Gasteiger partial charge is 0.240 e. The average Bonchev–Trinajstić information content (AvgIpc) is 2.80. The predicted octanol–water partition coefficient (Wildman–Crippen LogP) is 1.65. The highest BCUT2D eigenvalue weighted by molar-refractivity contribution is 5.59. The largest absolute Gasteiger partial charge is 0.496 e. The van der Waals surface area contributed by atoms with Gasteiger partial charge in [-0.15, -0.1) is 0 Å². The lowest BCUT2D eigenvalue weighted by Gasteiger charge is -2.06. The number of methoxy groups -OCH3 is 1. The van der Waals surface area contributed by atoms with Gasteiger partial charge < -0.3 is 15.0 Å². The molecule has 1 heterocycles. The molecular weight excluding hydrogens is 225 g/mol. The molecule has 2 N–H and O–H groups in total. The molecule has 0 aliphatic heterocycles. The zero-order valence-electron chi connectivity index (χ0n) is 9.53. The molecule has 1 aromatic heterocycles. The molecule has 0 atom stereocenters. The van der Waals surface area contributed by atoms with Crippen molar-refractivity contribution in [1.29, 1.82) is 0 Å². The first-order valence-electron chi connectivity index (χ1n) is 5.03. The molecule has 0 saturated heterocycles. The van der Waals surface area contributed by atoms with Gasteiger partial charge in [-0.2, -0.15) is 4.98 Å². The summed E-state index contributed by atoms with van der Waals surface area (Å²) >= 11 is 0. The predicted molar refractivity (Wildman–Crippen MR) is 58.9 cm³/mol. The van der Waals surface area contributed by atoms with Crippen LogP contribution in [0.25, 0.3) is 11.4 Å². The second-order valence-electron chi connectivity index (χ2n) is 3.52. The van der Waals surface area contributed by atoms with E-state index in [4.69, 9.17) is 15.0 Å². The van der Waals surface area contributed by atoms with Gasteiger partial charge >= 0.3 is 0 Å². The van der Waals surface area contributed by atoms with Gasteiger partial charge in [0.15, 0.2) is 0 Å². The summed E-state index contributed by atoms with van der Waals surface area (Å²) in [6.45, 7) is 1.94. The van der Waals surface area contributed by atoms with Crippen LogP contribution in [0, 0.1) is 12.7 Å². The van der Waals surface area contributed by atoms with E-state index in [0.29, 0.717) is 5.75 Å². The number of hydrogen-bond acceptors (Lipinski definition) is 5. The van der Waals surface area contributed by atoms with Crippen molar-refractivity contribution < 1.29 is 13.7 Å². The summed E-state index contributed by atoms with van der Waals surface area (Å²) in [5.74, 6) is 0.479. The van der Waals surface area contributed by atoms with E-state index in [-0.39, 0.29) is 23.8 Å². The fourth-order valence-electron chi connectivity index (χ4n) is 1.50. The third kappa shape index (κ3) is 2.12. The van der Waals surface area contributed by atoms with E-state index in [0.717, 1.165) is 5.56 Å². The summed E-state index contributed by atoms with van der Waals surface area (Å²) in [5, 5.41) is 3.67. The Bertz CT molecular complexity index is 540. The summed E-state index contributed by atoms with van der Waals surface area (Å²) in [7, 11) is 1.49. The Balaban J connectivity index is 2.48. The maximum absolute atomic E-state index is 13.8. The SMILES string of the molecule is COc1cc(F)c(-c2noc(CN)n2)cc1C. The standard InChI is InChI=1S/C11H12FN3O2/c1-6-3-7(8(12)4-9(6)16-2)11-14-10(5-13)17-15-11/h3-4H,5,13H2,1-2H3. The van der Waals surface area contributed by atoms with Gasteiger partial charge in [-0.25, -0.2) is 4.39 Å². The lowest BCUT2D eigenvalue weighted by molar-refractivity contribution is 0.380. The molecule has 0 amide bonds. The molecule has 0 radical (unpaired) electrons. The van der Waals surface area contributed by atoms with Crippen molar-refractivity contribution in [3.8, 4) is 17.1 Å². The molecule has 1 aromatic carbocycles. The van der Waals surface area contributed by atoms with Crippen LogP contribution in [0.1, 0.15) is 11.5 Å². The molecule has 6 heteroatoms. The van der Waals surface area contributed by atoms with Crippen LogP contribution in [0.15, 0.2) is 16.7 Å². The molecule has 0 bridgehead atoms. The fraction of sp³-hybridized carbons (Fsp3) is 0.273. The zero-order chi connectivity index (χ0) is 12.4. The third-order valence-corrected chi connectivity index (χ3v) is 2.37. The molecule has 0 fully saturated rings. The van der Waals surface area contributed by atoms with Gasteiger partial charge in [-0.1, -0.05) is 5.16 Å². The molecule has 0 unspecified atom stereocenters. The molecule has 90 valence electrons. The van der Waals surface area contributed by atoms with Gasteiger partial charge in [0.2, 0.25) is 11.7 Å². The van der Waals surface area contributed by atoms with Crippen molar-refractivity contribution in [3.05, 3.63) is 29.4 Å². The number of benzene rings is 1. The van der Waals surface area contributed by atoms with E-state index in [1.807, 2.05) is 6.92 Å². The van der Waals surface area contributed by atoms with Crippen molar-refractivity contribution >= 4 is 0 Å². The minimum Gasteiger partial charge on any atom is -0.496 e. The summed E-state index contributed by atoms with van der Waals surface area (Å²) in [6, 6.07) is 2.91. The Morgan fingerprint density at radius 1 is 1.47 bits per heavy atom. The summed E-state index contributed by atoms with van der Waals surface area (Å²) < 4.78 is 23.6. The molecule has 5 nitrogen and oxygen atoms in total. The Hall–Kier alpha value is -1.95. The van der Waals surface area contributed by atoms with Crippen molar-refractivity contribution in [1.82, 2.24) is 10.1 Å². The number of nitrogens with zero attached hydrogens (tertiary/aromatic N) is 2. The highest BCUT2D eigenvalue weighted by Gasteiger charge is 2.14. The number of rotatable bonds is 3. The molecule has 2 aromatic rings. The first kappa shape index (κ1) is 11.5. The molecule has 0 aliphatic carbocycles. The van der Waals surface area contributed by atoms with Gasteiger partial charge in [0.05, 0.1) is 19.2 Å². The van der Waals surface area contributed by atoms with Crippen LogP contribution in [0.3, 0.4) is 0 Å². The number of nitrogens with two attached hydrogens (primary N) is 1. The summed E-state index contributed by atoms with van der Waals surface area (Å²) in [6.07, 6.45) is 0. The van der Waals surface area contributed by atoms with Crippen LogP contribution < -0.4 is 10.5 Å². The molecule has 2 rings (SSSR count). The van der Waals surface area contributed by atoms with E-state index in [1.54, 1.807) is 6.07 Å². The fourth-order valence-corrected chi connectivity index (χ4v) is 1.50. The topological polar surface area (TPSA) is 74.2 Å². The van der Waals surface area contributed by atoms with Crippen LogP contribution in [0.4, 0.5) is 4.39 Å². The van der Waals surface area contributed by atoms with E-state index in [9.17, 15) is 4.39 Å². The molecule has 0 aliphatic rings. The maximum atomic E-state index is 13.8. The summed E-state index contributed by atoms with van der Waals surface area (Å²) in [4.78, 5) is 3.97. The average molecular weight is 237 g/mol. The Morgan fingerprint density at radius 2 is 2.24 bits per heavy atom. The Kier molecular flexibility index (Phi) is 3.06. The monoisotopic (exact) mass is 237 g/mol. The van der Waals surface area contributed by atoms with E-state index in [2.05, 4.69) is 10.1 Å². The lowest BCUT2D eigenvalue weighted by atomic mass is 10.1. The number of aromatic nitrogens is 2. The van der Waals surface area contributed by atoms with E-state index < -0.39 is 5.82 Å². The minimum absolute atomic E-state index is 0.129. The van der Waals surface area contributed by atoms with Crippen LogP contribution >= 0.6 is 0 Å². The highest BCUT2D eigenvalue weighted by Crippen LogP contribution is 2.27. The van der Waals surface area contributed by atoms with Crippen molar-refractivity contribution in [2.75, 3.05) is 7.11 Å². The maximum Gasteiger partial charge on any atom is 0.240 e. The second kappa shape index (κ2) is 4.50. The normalized spacial score (nSPS) is 10.6. The van der Waals surface area contributed by atoms with Crippen LogP contribution in [-0.4, -0.2) is 17.3 Å². The van der Waals surface area contributed by atoms with Crippen LogP contribution in [0.5, 0.6) is 5.75 Å². The van der Waals surface area contributed by atoms with Crippen LogP contribution in [0.2, 0.25) is 0 Å². The summed E-state index contributed by atoms with van der Waals surface area (Å²) in [5.41, 5.74) is 6.41. The Morgan fingerprint density at radius 3 is 2.82 bits per heavy atom. The molecule has 0 spiro atoms. The minimum atomic E-state index is -0.461. The number of hydrogen-bond donors (Lipinski definition) is 1. The van der Waals surface area contributed by atoms with Crippen molar-refractivity contribution in [2.45, 2.75) is 13.5 Å². The van der Waals surface area contributed by atoms with Gasteiger partial charge in [-0.05, 0) is 18.6 Å². The van der Waals surface area contributed by atoms with Gasteiger partial charge in [0.25, 0.3) is 0 Å². The lowest BCUT2D eigenvalue weighted by Crippen LogP contribution is -1.96. The first-order valence-corrected chi connectivity index (χ1v) is 5.03. The molecule has 0 saturated carbocycles. The number of ether oxygens (including phenoxy) is 1.